The van der Waals surface area contributed by atoms with Crippen LogP contribution in [0.2, 0.25) is 0 Å². The summed E-state index contributed by atoms with van der Waals surface area (Å²) in [6.07, 6.45) is 4.99. The van der Waals surface area contributed by atoms with Crippen LogP contribution >= 0.6 is 23.2 Å². The van der Waals surface area contributed by atoms with Gasteiger partial charge in [-0.15, -0.1) is 11.6 Å². The third kappa shape index (κ3) is 3.42. The van der Waals surface area contributed by atoms with Crippen molar-refractivity contribution < 1.29 is 24.2 Å². The van der Waals surface area contributed by atoms with E-state index >= 15 is 0 Å². The van der Waals surface area contributed by atoms with E-state index < -0.39 is 34.6 Å². The summed E-state index contributed by atoms with van der Waals surface area (Å²) >= 11 is 13.2. The zero-order valence-electron chi connectivity index (χ0n) is 19.1. The van der Waals surface area contributed by atoms with Crippen LogP contribution in [0.4, 0.5) is 0 Å². The minimum Gasteiger partial charge on any atom is -0.460 e. The van der Waals surface area contributed by atoms with Crippen molar-refractivity contribution in [1.82, 2.24) is 0 Å². The van der Waals surface area contributed by atoms with E-state index in [2.05, 4.69) is 0 Å². The number of alkyl halides is 1. The lowest BCUT2D eigenvalue weighted by Crippen LogP contribution is -2.59. The zero-order valence-corrected chi connectivity index (χ0v) is 20.6. The fourth-order valence-corrected chi connectivity index (χ4v) is 8.40. The molecule has 32 heavy (non-hydrogen) atoms. The minimum absolute atomic E-state index is 0.0155. The molecule has 0 heterocycles. The van der Waals surface area contributed by atoms with E-state index in [0.29, 0.717) is 19.3 Å². The van der Waals surface area contributed by atoms with Crippen LogP contribution in [-0.2, 0) is 19.1 Å². The minimum atomic E-state index is -0.772. The van der Waals surface area contributed by atoms with Crippen LogP contribution in [0.3, 0.4) is 0 Å². The largest absolute Gasteiger partial charge is 0.460 e. The van der Waals surface area contributed by atoms with Crippen LogP contribution < -0.4 is 0 Å². The first-order chi connectivity index (χ1) is 15.0. The van der Waals surface area contributed by atoms with Crippen LogP contribution in [0, 0.1) is 40.4 Å². The van der Waals surface area contributed by atoms with E-state index in [1.165, 1.54) is 0 Å². The Morgan fingerprint density at radius 3 is 2.66 bits per heavy atom. The quantitative estimate of drug-likeness (QED) is 0.364. The number of Topliss-reactive ketones (excluding diaryl/α,β-unsaturated/α-hetero) is 1. The molecule has 7 heteroatoms. The van der Waals surface area contributed by atoms with Crippen LogP contribution in [0.1, 0.15) is 53.4 Å². The molecule has 0 bridgehead atoms. The maximum atomic E-state index is 13.2. The zero-order chi connectivity index (χ0) is 23.6. The highest BCUT2D eigenvalue weighted by Gasteiger charge is 2.66. The number of carbonyl (C=O) groups is 3. The molecule has 4 aliphatic carbocycles. The van der Waals surface area contributed by atoms with Crippen LogP contribution in [0.5, 0.6) is 0 Å². The molecule has 3 saturated carbocycles. The van der Waals surface area contributed by atoms with Gasteiger partial charge >= 0.3 is 5.97 Å². The monoisotopic (exact) mass is 482 g/mol. The van der Waals surface area contributed by atoms with Crippen molar-refractivity contribution in [1.29, 1.82) is 0 Å². The van der Waals surface area contributed by atoms with Gasteiger partial charge in [-0.25, -0.2) is 4.79 Å². The van der Waals surface area contributed by atoms with E-state index in [1.807, 2.05) is 27.7 Å². The lowest BCUT2D eigenvalue weighted by atomic mass is 9.46. The molecule has 1 N–H and O–H groups in total. The van der Waals surface area contributed by atoms with Gasteiger partial charge in [0.2, 0.25) is 5.78 Å². The number of allylic oxidation sites excluding steroid dienone is 4. The van der Waals surface area contributed by atoms with Gasteiger partial charge in [0.1, 0.15) is 0 Å². The van der Waals surface area contributed by atoms with Gasteiger partial charge < -0.3 is 9.84 Å². The summed E-state index contributed by atoms with van der Waals surface area (Å²) in [5, 5.41) is 11.4. The summed E-state index contributed by atoms with van der Waals surface area (Å²) < 4.78 is 5.16. The van der Waals surface area contributed by atoms with Crippen molar-refractivity contribution in [2.24, 2.45) is 40.4 Å². The highest BCUT2D eigenvalue weighted by Crippen LogP contribution is 2.68. The summed E-state index contributed by atoms with van der Waals surface area (Å²) in [7, 11) is 0. The Morgan fingerprint density at radius 2 is 2.00 bits per heavy atom. The van der Waals surface area contributed by atoms with Crippen LogP contribution in [-0.4, -0.2) is 40.7 Å². The maximum absolute atomic E-state index is 13.2. The van der Waals surface area contributed by atoms with Crippen molar-refractivity contribution >= 4 is 40.7 Å². The van der Waals surface area contributed by atoms with Crippen molar-refractivity contribution in [3.05, 3.63) is 22.8 Å². The Morgan fingerprint density at radius 1 is 1.31 bits per heavy atom. The number of fused-ring (bicyclic) bond motifs is 5. The number of esters is 1. The summed E-state index contributed by atoms with van der Waals surface area (Å²) in [6, 6.07) is 0. The first-order valence-corrected chi connectivity index (χ1v) is 12.4. The van der Waals surface area contributed by atoms with Crippen molar-refractivity contribution in [2.45, 2.75) is 64.9 Å². The van der Waals surface area contributed by atoms with E-state index in [4.69, 9.17) is 27.9 Å². The van der Waals surface area contributed by atoms with Crippen LogP contribution in [0.15, 0.2) is 22.8 Å². The number of ether oxygens (including phenoxy) is 1. The average Bonchev–Trinajstić information content (AvgIpc) is 2.97. The number of rotatable bonds is 4. The topological polar surface area (TPSA) is 80.7 Å². The molecule has 5 nitrogen and oxygen atoms in total. The molecule has 0 aliphatic heterocycles. The molecular formula is C25H32Cl2O5. The molecule has 3 fully saturated rings. The number of hydrogen-bond donors (Lipinski definition) is 1. The van der Waals surface area contributed by atoms with Gasteiger partial charge in [-0.05, 0) is 54.9 Å². The first kappa shape index (κ1) is 24.0. The number of carbonyl (C=O) groups excluding carboxylic acids is 3. The van der Waals surface area contributed by atoms with Gasteiger partial charge in [-0.2, -0.15) is 0 Å². The summed E-state index contributed by atoms with van der Waals surface area (Å²) in [4.78, 5) is 37.9. The summed E-state index contributed by atoms with van der Waals surface area (Å²) in [6.45, 7) is 8.18. The fraction of sp³-hybridized carbons (Fsp3) is 0.720. The van der Waals surface area contributed by atoms with Crippen molar-refractivity contribution in [3.63, 3.8) is 0 Å². The van der Waals surface area contributed by atoms with E-state index in [-0.39, 0.29) is 46.5 Å². The number of aliphatic hydroxyl groups excluding tert-OH is 1. The van der Waals surface area contributed by atoms with Crippen molar-refractivity contribution in [3.8, 4) is 0 Å². The molecule has 0 amide bonds. The van der Waals surface area contributed by atoms with Gasteiger partial charge in [0.05, 0.1) is 17.7 Å². The standard InChI is InChI=1S/C25H32Cl2O5/c1-5-6-32-23(31)22(30)20-12(2)7-14-19-15(26)8-13-9-17(28)16(27)10-24(13,3)21(19)18(29)11-25(14,20)4/h9-10,12,14-15,18-21,29H,5-8,11H2,1-4H3/t12-,14+,15-,18+,19-,20-,21+,24+,25+/m1/s1. The van der Waals surface area contributed by atoms with Gasteiger partial charge in [0.25, 0.3) is 0 Å². The van der Waals surface area contributed by atoms with Gasteiger partial charge in [0.15, 0.2) is 5.78 Å². The lowest BCUT2D eigenvalue weighted by Gasteiger charge is -2.60. The van der Waals surface area contributed by atoms with Gasteiger partial charge in [-0.1, -0.05) is 50.9 Å². The predicted octanol–water partition coefficient (Wildman–Crippen LogP) is 4.43. The average molecular weight is 483 g/mol. The van der Waals surface area contributed by atoms with Crippen LogP contribution in [0.25, 0.3) is 0 Å². The smallest absolute Gasteiger partial charge is 0.374 e. The summed E-state index contributed by atoms with van der Waals surface area (Å²) in [5.74, 6) is -2.20. The lowest BCUT2D eigenvalue weighted by molar-refractivity contribution is -0.161. The SMILES string of the molecule is CCCOC(=O)C(=O)[C@H]1[C@H](C)C[C@H]2[C@H]3[C@H]([C@@H](O)C[C@@]21C)[C@@]1(C)C=C(Cl)C(=O)C=C1C[C@H]3Cl. The molecule has 4 aliphatic rings. The second-order valence-electron chi connectivity index (χ2n) is 10.7. The third-order valence-corrected chi connectivity index (χ3v) is 9.54. The molecule has 0 radical (unpaired) electrons. The normalized spacial score (nSPS) is 45.2. The first-order valence-electron chi connectivity index (χ1n) is 11.6. The van der Waals surface area contributed by atoms with E-state index in [9.17, 15) is 19.5 Å². The Balaban J connectivity index is 1.72. The molecule has 4 rings (SSSR count). The van der Waals surface area contributed by atoms with E-state index in [1.54, 1.807) is 12.2 Å². The molecule has 0 unspecified atom stereocenters. The highest BCUT2D eigenvalue weighted by atomic mass is 35.5. The Bertz CT molecular complexity index is 910. The molecular weight excluding hydrogens is 451 g/mol. The second-order valence-corrected chi connectivity index (χ2v) is 11.7. The Hall–Kier alpha value is -1.17. The van der Waals surface area contributed by atoms with Crippen molar-refractivity contribution in [2.75, 3.05) is 6.61 Å². The number of ketones is 2. The van der Waals surface area contributed by atoms with Gasteiger partial charge in [-0.3, -0.25) is 9.59 Å². The molecule has 0 aromatic rings. The molecule has 0 saturated heterocycles. The Labute approximate surface area is 199 Å². The molecule has 0 aromatic heterocycles. The fourth-order valence-electron chi connectivity index (χ4n) is 7.62. The number of hydrogen-bond acceptors (Lipinski definition) is 5. The summed E-state index contributed by atoms with van der Waals surface area (Å²) in [5.41, 5.74) is -0.198. The number of halogens is 2. The molecule has 9 atom stereocenters. The van der Waals surface area contributed by atoms with E-state index in [0.717, 1.165) is 12.0 Å². The number of aliphatic hydroxyl groups is 1. The molecule has 0 spiro atoms. The second kappa shape index (κ2) is 8.25. The molecule has 176 valence electrons. The third-order valence-electron chi connectivity index (χ3n) is 8.80. The van der Waals surface area contributed by atoms with Gasteiger partial charge in [0, 0.05) is 22.6 Å². The predicted molar refractivity (Wildman–Crippen MR) is 122 cm³/mol. The molecule has 0 aromatic carbocycles. The highest BCUT2D eigenvalue weighted by molar-refractivity contribution is 6.44. The Kier molecular flexibility index (Phi) is 6.18. The maximum Gasteiger partial charge on any atom is 0.374 e.